The molecular weight excluding hydrogens is 186 g/mol. The number of aromatic hydroxyl groups is 1. The number of benzene rings is 1. The lowest BCUT2D eigenvalue weighted by atomic mass is 10.1. The molecule has 76 valence electrons. The largest absolute Gasteiger partial charge is 0.506 e. The molecule has 2 rings (SSSR count). The zero-order valence-corrected chi connectivity index (χ0v) is 8.64. The highest BCUT2D eigenvalue weighted by molar-refractivity contribution is 5.65. The monoisotopic (exact) mass is 199 g/mol. The molecule has 2 aromatic rings. The summed E-state index contributed by atoms with van der Waals surface area (Å²) in [6.07, 6.45) is 2.71. The van der Waals surface area contributed by atoms with E-state index in [9.17, 15) is 5.11 Å². The molecule has 15 heavy (non-hydrogen) atoms. The highest BCUT2D eigenvalue weighted by Crippen LogP contribution is 2.26. The quantitative estimate of drug-likeness (QED) is 0.806. The van der Waals surface area contributed by atoms with Crippen molar-refractivity contribution < 1.29 is 5.11 Å². The highest BCUT2D eigenvalue weighted by Gasteiger charge is 2.03. The van der Waals surface area contributed by atoms with E-state index in [0.717, 1.165) is 12.0 Å². The van der Waals surface area contributed by atoms with Crippen molar-refractivity contribution in [3.8, 4) is 17.0 Å². The third kappa shape index (κ3) is 1.99. The van der Waals surface area contributed by atoms with Gasteiger partial charge in [-0.2, -0.15) is 0 Å². The first-order valence-electron chi connectivity index (χ1n) is 5.04. The summed E-state index contributed by atoms with van der Waals surface area (Å²) in [5.41, 5.74) is 2.87. The first-order valence-corrected chi connectivity index (χ1v) is 5.04. The fourth-order valence-electron chi connectivity index (χ4n) is 1.52. The van der Waals surface area contributed by atoms with Gasteiger partial charge in [-0.25, -0.2) is 0 Å². The van der Waals surface area contributed by atoms with Crippen molar-refractivity contribution in [2.45, 2.75) is 13.3 Å². The molecule has 1 N–H and O–H groups in total. The summed E-state index contributed by atoms with van der Waals surface area (Å²) in [7, 11) is 0. The molecule has 0 fully saturated rings. The van der Waals surface area contributed by atoms with E-state index in [1.165, 1.54) is 5.56 Å². The van der Waals surface area contributed by atoms with Crippen LogP contribution in [0, 0.1) is 0 Å². The molecule has 1 heterocycles. The highest BCUT2D eigenvalue weighted by atomic mass is 16.3. The summed E-state index contributed by atoms with van der Waals surface area (Å²) in [6, 6.07) is 11.5. The fourth-order valence-corrected chi connectivity index (χ4v) is 1.52. The molecule has 0 aliphatic carbocycles. The number of hydrogen-bond donors (Lipinski definition) is 1. The van der Waals surface area contributed by atoms with E-state index in [2.05, 4.69) is 24.0 Å². The maximum Gasteiger partial charge on any atom is 0.141 e. The SMILES string of the molecule is CCc1ccc(-c2ncccc2O)cc1. The molecule has 0 radical (unpaired) electrons. The second kappa shape index (κ2) is 4.13. The maximum absolute atomic E-state index is 9.63. The Labute approximate surface area is 89.2 Å². The summed E-state index contributed by atoms with van der Waals surface area (Å²) in [5, 5.41) is 9.63. The van der Waals surface area contributed by atoms with E-state index in [-0.39, 0.29) is 5.75 Å². The van der Waals surface area contributed by atoms with Crippen molar-refractivity contribution in [2.24, 2.45) is 0 Å². The molecule has 2 nitrogen and oxygen atoms in total. The Bertz CT molecular complexity index is 448. The lowest BCUT2D eigenvalue weighted by Gasteiger charge is -2.03. The standard InChI is InChI=1S/C13H13NO/c1-2-10-5-7-11(8-6-10)13-12(15)4-3-9-14-13/h3-9,15H,2H2,1H3. The van der Waals surface area contributed by atoms with Gasteiger partial charge in [-0.3, -0.25) is 4.98 Å². The molecule has 0 aliphatic heterocycles. The van der Waals surface area contributed by atoms with E-state index in [1.807, 2.05) is 12.1 Å². The van der Waals surface area contributed by atoms with E-state index in [1.54, 1.807) is 18.3 Å². The minimum Gasteiger partial charge on any atom is -0.506 e. The van der Waals surface area contributed by atoms with Gasteiger partial charge in [-0.15, -0.1) is 0 Å². The normalized spacial score (nSPS) is 10.2. The van der Waals surface area contributed by atoms with Gasteiger partial charge in [-0.1, -0.05) is 31.2 Å². The molecule has 0 bridgehead atoms. The Morgan fingerprint density at radius 2 is 1.87 bits per heavy atom. The maximum atomic E-state index is 9.63. The van der Waals surface area contributed by atoms with Crippen molar-refractivity contribution in [1.82, 2.24) is 4.98 Å². The topological polar surface area (TPSA) is 33.1 Å². The van der Waals surface area contributed by atoms with Crippen LogP contribution < -0.4 is 0 Å². The van der Waals surface area contributed by atoms with E-state index in [0.29, 0.717) is 5.69 Å². The number of nitrogens with zero attached hydrogens (tertiary/aromatic N) is 1. The van der Waals surface area contributed by atoms with Crippen LogP contribution >= 0.6 is 0 Å². The first-order chi connectivity index (χ1) is 7.31. The van der Waals surface area contributed by atoms with Gasteiger partial charge >= 0.3 is 0 Å². The summed E-state index contributed by atoms with van der Waals surface area (Å²) in [5.74, 6) is 0.224. The second-order valence-corrected chi connectivity index (χ2v) is 3.42. The Hall–Kier alpha value is -1.83. The fraction of sp³-hybridized carbons (Fsp3) is 0.154. The van der Waals surface area contributed by atoms with Gasteiger partial charge in [0.05, 0.1) is 0 Å². The van der Waals surface area contributed by atoms with Crippen molar-refractivity contribution in [1.29, 1.82) is 0 Å². The van der Waals surface area contributed by atoms with Crippen LogP contribution in [0.1, 0.15) is 12.5 Å². The average molecular weight is 199 g/mol. The Morgan fingerprint density at radius 3 is 2.47 bits per heavy atom. The molecule has 0 saturated heterocycles. The van der Waals surface area contributed by atoms with Crippen LogP contribution in [0.4, 0.5) is 0 Å². The Morgan fingerprint density at radius 1 is 1.13 bits per heavy atom. The minimum absolute atomic E-state index is 0.224. The summed E-state index contributed by atoms with van der Waals surface area (Å²) < 4.78 is 0. The minimum atomic E-state index is 0.224. The van der Waals surface area contributed by atoms with Gasteiger partial charge < -0.3 is 5.11 Å². The van der Waals surface area contributed by atoms with Gasteiger partial charge in [0.25, 0.3) is 0 Å². The lowest BCUT2D eigenvalue weighted by molar-refractivity contribution is 0.475. The van der Waals surface area contributed by atoms with Crippen molar-refractivity contribution in [2.75, 3.05) is 0 Å². The van der Waals surface area contributed by atoms with Crippen LogP contribution in [0.2, 0.25) is 0 Å². The smallest absolute Gasteiger partial charge is 0.141 e. The van der Waals surface area contributed by atoms with Crippen LogP contribution in [-0.2, 0) is 6.42 Å². The molecule has 0 aliphatic rings. The predicted octanol–water partition coefficient (Wildman–Crippen LogP) is 3.02. The summed E-state index contributed by atoms with van der Waals surface area (Å²) >= 11 is 0. The van der Waals surface area contributed by atoms with Crippen molar-refractivity contribution >= 4 is 0 Å². The van der Waals surface area contributed by atoms with Gasteiger partial charge in [0.2, 0.25) is 0 Å². The molecule has 0 unspecified atom stereocenters. The molecule has 0 atom stereocenters. The number of aromatic nitrogens is 1. The zero-order chi connectivity index (χ0) is 10.7. The van der Waals surface area contributed by atoms with Crippen molar-refractivity contribution in [3.63, 3.8) is 0 Å². The van der Waals surface area contributed by atoms with Crippen LogP contribution in [0.5, 0.6) is 5.75 Å². The molecular formula is C13H13NO. The lowest BCUT2D eigenvalue weighted by Crippen LogP contribution is -1.85. The number of rotatable bonds is 2. The molecule has 2 heteroatoms. The predicted molar refractivity (Wildman–Crippen MR) is 60.7 cm³/mol. The van der Waals surface area contributed by atoms with E-state index >= 15 is 0 Å². The average Bonchev–Trinajstić information content (AvgIpc) is 2.30. The Balaban J connectivity index is 2.42. The van der Waals surface area contributed by atoms with E-state index < -0.39 is 0 Å². The molecule has 1 aromatic heterocycles. The van der Waals surface area contributed by atoms with E-state index in [4.69, 9.17) is 0 Å². The molecule has 1 aromatic carbocycles. The zero-order valence-electron chi connectivity index (χ0n) is 8.64. The van der Waals surface area contributed by atoms with Gasteiger partial charge in [0, 0.05) is 11.8 Å². The third-order valence-electron chi connectivity index (χ3n) is 2.42. The third-order valence-corrected chi connectivity index (χ3v) is 2.42. The number of hydrogen-bond acceptors (Lipinski definition) is 2. The van der Waals surface area contributed by atoms with Crippen LogP contribution in [0.25, 0.3) is 11.3 Å². The number of aryl methyl sites for hydroxylation is 1. The van der Waals surface area contributed by atoms with Gasteiger partial charge in [0.1, 0.15) is 11.4 Å². The van der Waals surface area contributed by atoms with Crippen LogP contribution in [0.3, 0.4) is 0 Å². The molecule has 0 spiro atoms. The summed E-state index contributed by atoms with van der Waals surface area (Å²) in [6.45, 7) is 2.12. The second-order valence-electron chi connectivity index (χ2n) is 3.42. The van der Waals surface area contributed by atoms with Gasteiger partial charge in [0.15, 0.2) is 0 Å². The molecule has 0 saturated carbocycles. The Kier molecular flexibility index (Phi) is 2.68. The van der Waals surface area contributed by atoms with Gasteiger partial charge in [-0.05, 0) is 24.1 Å². The van der Waals surface area contributed by atoms with Crippen LogP contribution in [-0.4, -0.2) is 10.1 Å². The molecule has 0 amide bonds. The first kappa shape index (κ1) is 9.71. The number of pyridine rings is 1. The van der Waals surface area contributed by atoms with Crippen LogP contribution in [0.15, 0.2) is 42.6 Å². The van der Waals surface area contributed by atoms with Crippen molar-refractivity contribution in [3.05, 3.63) is 48.2 Å². The summed E-state index contributed by atoms with van der Waals surface area (Å²) in [4.78, 5) is 4.15.